The molecule has 2 heteroatoms. The second-order valence-electron chi connectivity index (χ2n) is 1.56. The fourth-order valence-corrected chi connectivity index (χ4v) is 0.323. The Hall–Kier alpha value is -1.31. The molecule has 10 heavy (non-hydrogen) atoms. The molecule has 0 aromatic rings. The molecule has 0 N–H and O–H groups in total. The SMILES string of the molecule is C=C/C=C/C=C/OC(C)=O. The number of allylic oxidation sites excluding steroid dienone is 4. The summed E-state index contributed by atoms with van der Waals surface area (Å²) in [4.78, 5) is 10.2. The standard InChI is InChI=1S/C8H10O2/c1-3-4-5-6-7-10-8(2)9/h3-7H,1H2,2H3/b5-4+,7-6+. The Morgan fingerprint density at radius 3 is 2.60 bits per heavy atom. The topological polar surface area (TPSA) is 26.3 Å². The quantitative estimate of drug-likeness (QED) is 0.337. The van der Waals surface area contributed by atoms with Gasteiger partial charge < -0.3 is 4.74 Å². The van der Waals surface area contributed by atoms with E-state index in [1.54, 1.807) is 24.3 Å². The molecular formula is C8H10O2. The van der Waals surface area contributed by atoms with E-state index in [1.807, 2.05) is 0 Å². The van der Waals surface area contributed by atoms with Gasteiger partial charge in [0.1, 0.15) is 0 Å². The van der Waals surface area contributed by atoms with Crippen LogP contribution in [0.2, 0.25) is 0 Å². The van der Waals surface area contributed by atoms with Crippen LogP contribution >= 0.6 is 0 Å². The maximum atomic E-state index is 10.2. The Kier molecular flexibility index (Phi) is 5.06. The second-order valence-corrected chi connectivity index (χ2v) is 1.56. The van der Waals surface area contributed by atoms with Gasteiger partial charge in [0.2, 0.25) is 0 Å². The van der Waals surface area contributed by atoms with Gasteiger partial charge in [-0.05, 0) is 6.08 Å². The minimum atomic E-state index is -0.316. The molecule has 0 aliphatic heterocycles. The first-order chi connectivity index (χ1) is 4.77. The molecule has 0 rings (SSSR count). The van der Waals surface area contributed by atoms with Crippen LogP contribution in [0.25, 0.3) is 0 Å². The van der Waals surface area contributed by atoms with Crippen LogP contribution in [0.5, 0.6) is 0 Å². The summed E-state index contributed by atoms with van der Waals surface area (Å²) in [6.07, 6.45) is 8.03. The summed E-state index contributed by atoms with van der Waals surface area (Å²) in [7, 11) is 0. The summed E-state index contributed by atoms with van der Waals surface area (Å²) in [6.45, 7) is 4.81. The van der Waals surface area contributed by atoms with Gasteiger partial charge in [-0.1, -0.05) is 24.8 Å². The number of esters is 1. The van der Waals surface area contributed by atoms with Crippen molar-refractivity contribution < 1.29 is 9.53 Å². The van der Waals surface area contributed by atoms with Gasteiger partial charge in [-0.3, -0.25) is 4.79 Å². The van der Waals surface area contributed by atoms with Crippen LogP contribution in [0.3, 0.4) is 0 Å². The summed E-state index contributed by atoms with van der Waals surface area (Å²) in [5, 5.41) is 0. The fraction of sp³-hybridized carbons (Fsp3) is 0.125. The van der Waals surface area contributed by atoms with Crippen molar-refractivity contribution in [2.45, 2.75) is 6.92 Å². The third kappa shape index (κ3) is 6.69. The molecule has 0 atom stereocenters. The van der Waals surface area contributed by atoms with Crippen molar-refractivity contribution in [2.24, 2.45) is 0 Å². The molecule has 54 valence electrons. The van der Waals surface area contributed by atoms with E-state index in [0.29, 0.717) is 0 Å². The van der Waals surface area contributed by atoms with Crippen molar-refractivity contribution in [3.8, 4) is 0 Å². The minimum Gasteiger partial charge on any atom is -0.435 e. The molecule has 0 heterocycles. The summed E-state index contributed by atoms with van der Waals surface area (Å²) in [6, 6.07) is 0. The van der Waals surface area contributed by atoms with Gasteiger partial charge in [0, 0.05) is 6.92 Å². The Balaban J connectivity index is 3.46. The summed E-state index contributed by atoms with van der Waals surface area (Å²) in [5.74, 6) is -0.316. The van der Waals surface area contributed by atoms with E-state index in [4.69, 9.17) is 0 Å². The lowest BCUT2D eigenvalue weighted by Crippen LogP contribution is -1.88. The third-order valence-corrected chi connectivity index (χ3v) is 0.671. The van der Waals surface area contributed by atoms with E-state index in [2.05, 4.69) is 11.3 Å². The van der Waals surface area contributed by atoms with Crippen LogP contribution in [0.4, 0.5) is 0 Å². The van der Waals surface area contributed by atoms with Crippen LogP contribution < -0.4 is 0 Å². The number of carbonyl (C=O) groups excluding carboxylic acids is 1. The van der Waals surface area contributed by atoms with Crippen molar-refractivity contribution in [3.05, 3.63) is 37.1 Å². The largest absolute Gasteiger partial charge is 0.435 e. The number of ether oxygens (including phenoxy) is 1. The van der Waals surface area contributed by atoms with Gasteiger partial charge in [0.25, 0.3) is 0 Å². The van der Waals surface area contributed by atoms with Gasteiger partial charge in [-0.2, -0.15) is 0 Å². The van der Waals surface area contributed by atoms with Gasteiger partial charge in [-0.15, -0.1) is 0 Å². The van der Waals surface area contributed by atoms with Crippen molar-refractivity contribution in [3.63, 3.8) is 0 Å². The third-order valence-electron chi connectivity index (χ3n) is 0.671. The Morgan fingerprint density at radius 1 is 1.40 bits per heavy atom. The average molecular weight is 138 g/mol. The number of hydrogen-bond acceptors (Lipinski definition) is 2. The summed E-state index contributed by atoms with van der Waals surface area (Å²) in [5.41, 5.74) is 0. The number of rotatable bonds is 3. The van der Waals surface area contributed by atoms with Crippen molar-refractivity contribution in [1.82, 2.24) is 0 Å². The smallest absolute Gasteiger partial charge is 0.307 e. The predicted molar refractivity (Wildman–Crippen MR) is 40.2 cm³/mol. The van der Waals surface area contributed by atoms with E-state index >= 15 is 0 Å². The summed E-state index contributed by atoms with van der Waals surface area (Å²) < 4.78 is 4.48. The average Bonchev–Trinajstić information content (AvgIpc) is 1.87. The molecule has 0 spiro atoms. The molecule has 0 aromatic heterocycles. The Labute approximate surface area is 60.5 Å². The van der Waals surface area contributed by atoms with Crippen LogP contribution in [-0.4, -0.2) is 5.97 Å². The lowest BCUT2D eigenvalue weighted by atomic mass is 10.5. The molecule has 0 aromatic carbocycles. The zero-order chi connectivity index (χ0) is 7.82. The molecule has 0 bridgehead atoms. The minimum absolute atomic E-state index is 0.316. The highest BCUT2D eigenvalue weighted by Crippen LogP contribution is 1.81. The molecule has 2 nitrogen and oxygen atoms in total. The molecule has 0 saturated heterocycles. The molecule has 0 fully saturated rings. The van der Waals surface area contributed by atoms with Gasteiger partial charge in [0.15, 0.2) is 0 Å². The van der Waals surface area contributed by atoms with Crippen molar-refractivity contribution in [2.75, 3.05) is 0 Å². The lowest BCUT2D eigenvalue weighted by Gasteiger charge is -1.86. The van der Waals surface area contributed by atoms with Crippen LogP contribution in [-0.2, 0) is 9.53 Å². The van der Waals surface area contributed by atoms with E-state index < -0.39 is 0 Å². The highest BCUT2D eigenvalue weighted by molar-refractivity contribution is 5.66. The van der Waals surface area contributed by atoms with Crippen molar-refractivity contribution in [1.29, 1.82) is 0 Å². The normalized spacial score (nSPS) is 10.5. The monoisotopic (exact) mass is 138 g/mol. The molecule has 0 radical (unpaired) electrons. The molecule has 0 aliphatic carbocycles. The van der Waals surface area contributed by atoms with Crippen LogP contribution in [0.15, 0.2) is 37.1 Å². The van der Waals surface area contributed by atoms with Gasteiger partial charge in [-0.25, -0.2) is 0 Å². The first-order valence-electron chi connectivity index (χ1n) is 2.89. The maximum absolute atomic E-state index is 10.2. The van der Waals surface area contributed by atoms with Gasteiger partial charge in [0.05, 0.1) is 6.26 Å². The maximum Gasteiger partial charge on any atom is 0.307 e. The number of hydrogen-bond donors (Lipinski definition) is 0. The van der Waals surface area contributed by atoms with Gasteiger partial charge >= 0.3 is 5.97 Å². The zero-order valence-corrected chi connectivity index (χ0v) is 5.91. The van der Waals surface area contributed by atoms with E-state index in [1.165, 1.54) is 13.2 Å². The van der Waals surface area contributed by atoms with E-state index in [-0.39, 0.29) is 5.97 Å². The highest BCUT2D eigenvalue weighted by atomic mass is 16.5. The zero-order valence-electron chi connectivity index (χ0n) is 5.91. The number of carbonyl (C=O) groups is 1. The highest BCUT2D eigenvalue weighted by Gasteiger charge is 1.81. The fourth-order valence-electron chi connectivity index (χ4n) is 0.323. The van der Waals surface area contributed by atoms with E-state index in [0.717, 1.165) is 0 Å². The van der Waals surface area contributed by atoms with Crippen LogP contribution in [0.1, 0.15) is 6.92 Å². The Bertz CT molecular complexity index is 166. The summed E-state index contributed by atoms with van der Waals surface area (Å²) >= 11 is 0. The molecular weight excluding hydrogens is 128 g/mol. The predicted octanol–water partition coefficient (Wildman–Crippen LogP) is 1.81. The molecule has 0 saturated carbocycles. The molecule has 0 aliphatic rings. The van der Waals surface area contributed by atoms with E-state index in [9.17, 15) is 4.79 Å². The second kappa shape index (κ2) is 5.82. The van der Waals surface area contributed by atoms with Crippen molar-refractivity contribution >= 4 is 5.97 Å². The lowest BCUT2D eigenvalue weighted by molar-refractivity contribution is -0.135. The Morgan fingerprint density at radius 2 is 2.10 bits per heavy atom. The molecule has 0 amide bonds. The van der Waals surface area contributed by atoms with Crippen LogP contribution in [0, 0.1) is 0 Å². The first-order valence-corrected chi connectivity index (χ1v) is 2.89. The molecule has 0 unspecified atom stereocenters. The first kappa shape index (κ1) is 8.69.